The molecule has 0 radical (unpaired) electrons. The average molecular weight is 242 g/mol. The minimum Gasteiger partial charge on any atom is -0.392 e. The van der Waals surface area contributed by atoms with Gasteiger partial charge in [-0.2, -0.15) is 0 Å². The lowest BCUT2D eigenvalue weighted by atomic mass is 9.64. The third-order valence-electron chi connectivity index (χ3n) is 3.99. The number of nitrogens with zero attached hydrogens (tertiary/aromatic N) is 1. The van der Waals surface area contributed by atoms with Crippen LogP contribution in [0.5, 0.6) is 0 Å². The summed E-state index contributed by atoms with van der Waals surface area (Å²) in [5, 5.41) is 13.5. The lowest BCUT2D eigenvalue weighted by Crippen LogP contribution is -2.63. The van der Waals surface area contributed by atoms with Crippen molar-refractivity contribution in [2.45, 2.75) is 58.7 Å². The van der Waals surface area contributed by atoms with Crippen molar-refractivity contribution in [1.29, 1.82) is 0 Å². The first-order valence-electron chi connectivity index (χ1n) is 6.82. The lowest BCUT2D eigenvalue weighted by Gasteiger charge is -2.51. The van der Waals surface area contributed by atoms with E-state index in [2.05, 4.69) is 52.0 Å². The molecule has 0 saturated heterocycles. The van der Waals surface area contributed by atoms with Crippen molar-refractivity contribution < 1.29 is 5.11 Å². The summed E-state index contributed by atoms with van der Waals surface area (Å²) in [6.07, 6.45) is 1.95. The minimum absolute atomic E-state index is 0.0293. The fourth-order valence-corrected chi connectivity index (χ4v) is 2.67. The molecule has 1 saturated carbocycles. The van der Waals surface area contributed by atoms with Crippen LogP contribution in [-0.2, 0) is 0 Å². The van der Waals surface area contributed by atoms with E-state index in [4.69, 9.17) is 0 Å². The first-order chi connectivity index (χ1) is 7.73. The van der Waals surface area contributed by atoms with Crippen molar-refractivity contribution in [3.63, 3.8) is 0 Å². The van der Waals surface area contributed by atoms with Gasteiger partial charge in [0.2, 0.25) is 0 Å². The summed E-state index contributed by atoms with van der Waals surface area (Å²) in [4.78, 5) is 2.24. The predicted molar refractivity (Wildman–Crippen MR) is 73.1 cm³/mol. The first-order valence-corrected chi connectivity index (χ1v) is 6.82. The number of hydrogen-bond donors (Lipinski definition) is 2. The molecule has 3 heteroatoms. The summed E-state index contributed by atoms with van der Waals surface area (Å²) >= 11 is 0. The number of hydrogen-bond acceptors (Lipinski definition) is 3. The van der Waals surface area contributed by atoms with E-state index in [-0.39, 0.29) is 11.5 Å². The molecule has 0 aliphatic heterocycles. The number of rotatable bonds is 6. The Labute approximate surface area is 107 Å². The van der Waals surface area contributed by atoms with E-state index in [0.29, 0.717) is 18.0 Å². The molecule has 0 amide bonds. The van der Waals surface area contributed by atoms with Crippen LogP contribution in [0.3, 0.4) is 0 Å². The molecule has 1 aliphatic rings. The van der Waals surface area contributed by atoms with E-state index in [0.717, 1.165) is 13.0 Å². The van der Waals surface area contributed by atoms with Crippen LogP contribution >= 0.6 is 0 Å². The van der Waals surface area contributed by atoms with Crippen molar-refractivity contribution in [3.8, 4) is 0 Å². The van der Waals surface area contributed by atoms with Crippen LogP contribution in [0.2, 0.25) is 0 Å². The maximum atomic E-state index is 9.77. The lowest BCUT2D eigenvalue weighted by molar-refractivity contribution is -0.0771. The summed E-state index contributed by atoms with van der Waals surface area (Å²) < 4.78 is 0. The normalized spacial score (nSPS) is 29.5. The fourth-order valence-electron chi connectivity index (χ4n) is 2.67. The molecule has 0 heterocycles. The molecule has 0 aromatic heterocycles. The first kappa shape index (κ1) is 14.9. The van der Waals surface area contributed by atoms with Gasteiger partial charge in [0.15, 0.2) is 0 Å². The van der Waals surface area contributed by atoms with Gasteiger partial charge in [-0.15, -0.1) is 0 Å². The average Bonchev–Trinajstić information content (AvgIpc) is 2.15. The Hall–Kier alpha value is -0.120. The Kier molecular flexibility index (Phi) is 4.99. The number of aliphatic hydroxyl groups is 1. The summed E-state index contributed by atoms with van der Waals surface area (Å²) in [5.74, 6) is 0.709. The SMILES string of the molecule is CC(C)CC(CN(C)C)NC1CC(O)C1(C)C. The van der Waals surface area contributed by atoms with Crippen molar-refractivity contribution >= 4 is 0 Å². The second kappa shape index (κ2) is 5.68. The molecule has 0 aromatic carbocycles. The summed E-state index contributed by atoms with van der Waals surface area (Å²) in [6.45, 7) is 9.92. The standard InChI is InChI=1S/C14H30N2O/c1-10(2)7-11(9-16(5)6)15-12-8-13(17)14(12,3)4/h10-13,15,17H,7-9H2,1-6H3. The minimum atomic E-state index is -0.140. The molecule has 1 fully saturated rings. The quantitative estimate of drug-likeness (QED) is 0.744. The molecule has 2 N–H and O–H groups in total. The molecule has 1 rings (SSSR count). The maximum Gasteiger partial charge on any atom is 0.0621 e. The van der Waals surface area contributed by atoms with Crippen molar-refractivity contribution in [3.05, 3.63) is 0 Å². The second-order valence-corrected chi connectivity index (χ2v) is 6.88. The van der Waals surface area contributed by atoms with E-state index >= 15 is 0 Å². The second-order valence-electron chi connectivity index (χ2n) is 6.88. The topological polar surface area (TPSA) is 35.5 Å². The van der Waals surface area contributed by atoms with Gasteiger partial charge in [0, 0.05) is 24.0 Å². The predicted octanol–water partition coefficient (Wildman–Crippen LogP) is 1.71. The van der Waals surface area contributed by atoms with Crippen molar-refractivity contribution in [2.75, 3.05) is 20.6 Å². The van der Waals surface area contributed by atoms with Crippen LogP contribution in [-0.4, -0.2) is 48.8 Å². The third kappa shape index (κ3) is 3.94. The molecule has 0 bridgehead atoms. The number of likely N-dealkylation sites (N-methyl/N-ethyl adjacent to an activating group) is 1. The Morgan fingerprint density at radius 3 is 2.29 bits per heavy atom. The monoisotopic (exact) mass is 242 g/mol. The van der Waals surface area contributed by atoms with E-state index < -0.39 is 0 Å². The molecular weight excluding hydrogens is 212 g/mol. The van der Waals surface area contributed by atoms with Crippen LogP contribution < -0.4 is 5.32 Å². The van der Waals surface area contributed by atoms with E-state index in [1.54, 1.807) is 0 Å². The zero-order chi connectivity index (χ0) is 13.2. The molecule has 0 spiro atoms. The summed E-state index contributed by atoms with van der Waals surface area (Å²) in [5.41, 5.74) is 0.0293. The fraction of sp³-hybridized carbons (Fsp3) is 1.00. The highest BCUT2D eigenvalue weighted by Gasteiger charge is 2.47. The summed E-state index contributed by atoms with van der Waals surface area (Å²) in [6, 6.07) is 0.989. The molecule has 3 nitrogen and oxygen atoms in total. The van der Waals surface area contributed by atoms with Gasteiger partial charge in [-0.25, -0.2) is 0 Å². The van der Waals surface area contributed by atoms with E-state index in [1.165, 1.54) is 6.42 Å². The Morgan fingerprint density at radius 1 is 1.35 bits per heavy atom. The van der Waals surface area contributed by atoms with Crippen LogP contribution in [0, 0.1) is 11.3 Å². The maximum absolute atomic E-state index is 9.77. The molecule has 17 heavy (non-hydrogen) atoms. The highest BCUT2D eigenvalue weighted by Crippen LogP contribution is 2.40. The van der Waals surface area contributed by atoms with Crippen LogP contribution in [0.15, 0.2) is 0 Å². The Bertz CT molecular complexity index is 228. The highest BCUT2D eigenvalue weighted by atomic mass is 16.3. The van der Waals surface area contributed by atoms with Gasteiger partial charge >= 0.3 is 0 Å². The van der Waals surface area contributed by atoms with Crippen LogP contribution in [0.25, 0.3) is 0 Å². The third-order valence-corrected chi connectivity index (χ3v) is 3.99. The van der Waals surface area contributed by atoms with E-state index in [1.807, 2.05) is 0 Å². The van der Waals surface area contributed by atoms with Crippen molar-refractivity contribution in [2.24, 2.45) is 11.3 Å². The van der Waals surface area contributed by atoms with Gasteiger partial charge in [0.25, 0.3) is 0 Å². The van der Waals surface area contributed by atoms with Crippen LogP contribution in [0.4, 0.5) is 0 Å². The smallest absolute Gasteiger partial charge is 0.0621 e. The van der Waals surface area contributed by atoms with Gasteiger partial charge < -0.3 is 15.3 Å². The molecule has 102 valence electrons. The molecule has 1 aliphatic carbocycles. The molecule has 0 aromatic rings. The van der Waals surface area contributed by atoms with Gasteiger partial charge in [-0.1, -0.05) is 27.7 Å². The Balaban J connectivity index is 2.49. The van der Waals surface area contributed by atoms with Gasteiger partial charge in [-0.05, 0) is 32.9 Å². The number of aliphatic hydroxyl groups excluding tert-OH is 1. The van der Waals surface area contributed by atoms with E-state index in [9.17, 15) is 5.11 Å². The van der Waals surface area contributed by atoms with Gasteiger partial charge in [0.05, 0.1) is 6.10 Å². The largest absolute Gasteiger partial charge is 0.392 e. The Morgan fingerprint density at radius 2 is 1.94 bits per heavy atom. The van der Waals surface area contributed by atoms with Crippen molar-refractivity contribution in [1.82, 2.24) is 10.2 Å². The summed E-state index contributed by atoms with van der Waals surface area (Å²) in [7, 11) is 4.24. The highest BCUT2D eigenvalue weighted by molar-refractivity contribution is 5.02. The van der Waals surface area contributed by atoms with Gasteiger partial charge in [0.1, 0.15) is 0 Å². The molecular formula is C14H30N2O. The molecule has 3 atom stereocenters. The number of nitrogens with one attached hydrogen (secondary N) is 1. The van der Waals surface area contributed by atoms with Gasteiger partial charge in [-0.3, -0.25) is 0 Å². The zero-order valence-corrected chi connectivity index (χ0v) is 12.3. The van der Waals surface area contributed by atoms with Crippen LogP contribution in [0.1, 0.15) is 40.5 Å². The molecule has 3 unspecified atom stereocenters. The zero-order valence-electron chi connectivity index (χ0n) is 12.3.